The summed E-state index contributed by atoms with van der Waals surface area (Å²) in [6, 6.07) is 7.81. The fourth-order valence-corrected chi connectivity index (χ4v) is 4.41. The Morgan fingerprint density at radius 1 is 1.13 bits per heavy atom. The van der Waals surface area contributed by atoms with Crippen molar-refractivity contribution in [1.82, 2.24) is 24.8 Å². The van der Waals surface area contributed by atoms with Gasteiger partial charge >= 0.3 is 0 Å². The number of H-pyrrole nitrogens is 1. The van der Waals surface area contributed by atoms with E-state index in [-0.39, 0.29) is 5.92 Å². The van der Waals surface area contributed by atoms with Crippen LogP contribution in [0.2, 0.25) is 0 Å². The van der Waals surface area contributed by atoms with E-state index in [9.17, 15) is 4.79 Å². The van der Waals surface area contributed by atoms with E-state index in [0.29, 0.717) is 29.5 Å². The Kier molecular flexibility index (Phi) is 4.79. The topological polar surface area (TPSA) is 102 Å². The smallest absolute Gasteiger partial charge is 0.227 e. The molecule has 152 valence electrons. The molecule has 8 nitrogen and oxygen atoms in total. The summed E-state index contributed by atoms with van der Waals surface area (Å²) < 4.78 is 0. The molecule has 1 amide bonds. The number of imidazole rings is 1. The number of nitrogens with zero attached hydrogens (tertiary/aromatic N) is 6. The lowest BCUT2D eigenvalue weighted by Crippen LogP contribution is -2.44. The van der Waals surface area contributed by atoms with Gasteiger partial charge in [-0.3, -0.25) is 9.78 Å². The summed E-state index contributed by atoms with van der Waals surface area (Å²) in [5, 5.41) is 9.09. The lowest BCUT2D eigenvalue weighted by atomic mass is 9.96. The van der Waals surface area contributed by atoms with Crippen LogP contribution in [-0.4, -0.2) is 56.9 Å². The normalized spacial score (nSPS) is 19.2. The van der Waals surface area contributed by atoms with E-state index in [2.05, 4.69) is 25.9 Å². The number of nitriles is 1. The summed E-state index contributed by atoms with van der Waals surface area (Å²) in [6.45, 7) is 3.40. The molecule has 1 N–H and O–H groups in total. The van der Waals surface area contributed by atoms with E-state index >= 15 is 0 Å². The summed E-state index contributed by atoms with van der Waals surface area (Å²) in [5.74, 6) is 1.83. The maximum absolute atomic E-state index is 12.8. The first-order valence-electron chi connectivity index (χ1n) is 10.5. The number of fused-ring (bicyclic) bond motifs is 1. The van der Waals surface area contributed by atoms with Gasteiger partial charge in [-0.15, -0.1) is 0 Å². The van der Waals surface area contributed by atoms with Crippen LogP contribution in [0.1, 0.15) is 31.2 Å². The summed E-state index contributed by atoms with van der Waals surface area (Å²) in [4.78, 5) is 33.8. The van der Waals surface area contributed by atoms with Crippen LogP contribution in [0.3, 0.4) is 0 Å². The molecule has 1 atom stereocenters. The summed E-state index contributed by atoms with van der Waals surface area (Å²) in [6.07, 6.45) is 7.38. The molecule has 5 heterocycles. The third-order valence-electron chi connectivity index (χ3n) is 5.98. The second kappa shape index (κ2) is 7.75. The number of hydrogen-bond acceptors (Lipinski definition) is 6. The molecule has 0 aromatic carbocycles. The van der Waals surface area contributed by atoms with Crippen molar-refractivity contribution in [2.24, 2.45) is 5.92 Å². The number of carbonyl (C=O) groups is 1. The molecule has 2 saturated heterocycles. The van der Waals surface area contributed by atoms with E-state index in [0.717, 1.165) is 62.2 Å². The Hall–Kier alpha value is -3.47. The molecule has 0 unspecified atom stereocenters. The Morgan fingerprint density at radius 2 is 2.00 bits per heavy atom. The third-order valence-corrected chi connectivity index (χ3v) is 5.98. The molecule has 0 radical (unpaired) electrons. The van der Waals surface area contributed by atoms with Crippen molar-refractivity contribution < 1.29 is 4.79 Å². The molecule has 3 aromatic rings. The van der Waals surface area contributed by atoms with Gasteiger partial charge in [0, 0.05) is 44.1 Å². The van der Waals surface area contributed by atoms with Crippen molar-refractivity contribution >= 4 is 22.9 Å². The van der Waals surface area contributed by atoms with Gasteiger partial charge in [0.2, 0.25) is 5.91 Å². The van der Waals surface area contributed by atoms with Gasteiger partial charge < -0.3 is 14.8 Å². The van der Waals surface area contributed by atoms with Crippen LogP contribution in [0.25, 0.3) is 22.6 Å². The van der Waals surface area contributed by atoms with Crippen molar-refractivity contribution in [2.45, 2.75) is 25.7 Å². The molecule has 8 heteroatoms. The van der Waals surface area contributed by atoms with E-state index in [1.165, 1.54) is 6.20 Å². The van der Waals surface area contributed by atoms with Crippen LogP contribution >= 0.6 is 0 Å². The van der Waals surface area contributed by atoms with Gasteiger partial charge in [0.05, 0.1) is 17.0 Å². The highest BCUT2D eigenvalue weighted by atomic mass is 16.2. The zero-order valence-corrected chi connectivity index (χ0v) is 16.7. The highest BCUT2D eigenvalue weighted by Crippen LogP contribution is 2.27. The molecule has 30 heavy (non-hydrogen) atoms. The maximum atomic E-state index is 12.8. The van der Waals surface area contributed by atoms with Crippen LogP contribution in [-0.2, 0) is 4.79 Å². The van der Waals surface area contributed by atoms with Crippen molar-refractivity contribution in [3.8, 4) is 17.5 Å². The van der Waals surface area contributed by atoms with E-state index < -0.39 is 0 Å². The number of anilines is 1. The quantitative estimate of drug-likeness (QED) is 0.724. The van der Waals surface area contributed by atoms with Crippen LogP contribution in [0.15, 0.2) is 30.6 Å². The Bertz CT molecular complexity index is 1130. The van der Waals surface area contributed by atoms with Crippen LogP contribution in [0.4, 0.5) is 5.82 Å². The number of piperidine rings is 1. The van der Waals surface area contributed by atoms with Crippen molar-refractivity contribution in [3.63, 3.8) is 0 Å². The molecule has 2 aliphatic heterocycles. The Morgan fingerprint density at radius 3 is 2.83 bits per heavy atom. The van der Waals surface area contributed by atoms with Crippen LogP contribution < -0.4 is 4.90 Å². The first kappa shape index (κ1) is 18.6. The number of aromatic amines is 1. The second-order valence-electron chi connectivity index (χ2n) is 8.02. The third kappa shape index (κ3) is 3.47. The number of aromatic nitrogens is 4. The fourth-order valence-electron chi connectivity index (χ4n) is 4.41. The molecule has 0 saturated carbocycles. The number of rotatable bonds is 3. The fraction of sp³-hybridized carbons (Fsp3) is 0.409. The van der Waals surface area contributed by atoms with Gasteiger partial charge in [-0.1, -0.05) is 0 Å². The van der Waals surface area contributed by atoms with Crippen molar-refractivity contribution in [1.29, 1.82) is 5.26 Å². The molecule has 0 spiro atoms. The molecule has 0 aliphatic carbocycles. The largest absolute Gasteiger partial charge is 0.356 e. The average molecular weight is 401 g/mol. The molecular weight excluding hydrogens is 378 g/mol. The van der Waals surface area contributed by atoms with E-state index in [1.807, 2.05) is 17.0 Å². The van der Waals surface area contributed by atoms with Gasteiger partial charge in [0.25, 0.3) is 0 Å². The van der Waals surface area contributed by atoms with Gasteiger partial charge in [-0.05, 0) is 43.9 Å². The number of carbonyl (C=O) groups excluding carboxylic acids is 1. The second-order valence-corrected chi connectivity index (χ2v) is 8.02. The SMILES string of the molecule is N#Cc1cncc(-c2nc3nc(N4CCC[C@@H](C(=O)N5CCCC5)C4)ccc3[nH]2)c1. The number of likely N-dealkylation sites (tertiary alicyclic amines) is 1. The van der Waals surface area contributed by atoms with Gasteiger partial charge in [0.1, 0.15) is 17.7 Å². The van der Waals surface area contributed by atoms with Gasteiger partial charge in [0.15, 0.2) is 5.65 Å². The Balaban J connectivity index is 1.38. The lowest BCUT2D eigenvalue weighted by Gasteiger charge is -2.34. The predicted octanol–water partition coefficient (Wildman–Crippen LogP) is 2.73. The van der Waals surface area contributed by atoms with Gasteiger partial charge in [-0.25, -0.2) is 9.97 Å². The molecule has 2 aliphatic rings. The minimum Gasteiger partial charge on any atom is -0.356 e. The van der Waals surface area contributed by atoms with E-state index in [1.54, 1.807) is 12.3 Å². The zero-order chi connectivity index (χ0) is 20.5. The van der Waals surface area contributed by atoms with Crippen LogP contribution in [0, 0.1) is 17.2 Å². The monoisotopic (exact) mass is 401 g/mol. The number of hydrogen-bond donors (Lipinski definition) is 1. The van der Waals surface area contributed by atoms with Gasteiger partial charge in [-0.2, -0.15) is 5.26 Å². The molecule has 2 fully saturated rings. The van der Waals surface area contributed by atoms with Crippen molar-refractivity contribution in [3.05, 3.63) is 36.2 Å². The first-order valence-corrected chi connectivity index (χ1v) is 10.5. The minimum atomic E-state index is 0.0453. The van der Waals surface area contributed by atoms with Crippen molar-refractivity contribution in [2.75, 3.05) is 31.1 Å². The highest BCUT2D eigenvalue weighted by Gasteiger charge is 2.31. The number of pyridine rings is 2. The summed E-state index contributed by atoms with van der Waals surface area (Å²) in [7, 11) is 0. The maximum Gasteiger partial charge on any atom is 0.227 e. The standard InChI is InChI=1S/C22H23N7O/c23-11-15-10-17(13-24-12-15)20-25-18-5-6-19(26-21(18)27-20)29-9-3-4-16(14-29)22(30)28-7-1-2-8-28/h5-6,10,12-13,16H,1-4,7-9,14H2,(H,25,26,27)/t16-/m1/s1. The molecular formula is C22H23N7O. The minimum absolute atomic E-state index is 0.0453. The number of amides is 1. The lowest BCUT2D eigenvalue weighted by molar-refractivity contribution is -0.134. The summed E-state index contributed by atoms with van der Waals surface area (Å²) >= 11 is 0. The highest BCUT2D eigenvalue weighted by molar-refractivity contribution is 5.81. The first-order chi connectivity index (χ1) is 14.7. The molecule has 0 bridgehead atoms. The van der Waals surface area contributed by atoms with Crippen LogP contribution in [0.5, 0.6) is 0 Å². The summed E-state index contributed by atoms with van der Waals surface area (Å²) in [5.41, 5.74) is 2.70. The number of nitrogens with one attached hydrogen (secondary N) is 1. The zero-order valence-electron chi connectivity index (χ0n) is 16.7. The molecule has 3 aromatic heterocycles. The van der Waals surface area contributed by atoms with E-state index in [4.69, 9.17) is 10.2 Å². The molecule has 5 rings (SSSR count). The predicted molar refractivity (Wildman–Crippen MR) is 113 cm³/mol. The Labute approximate surface area is 174 Å². The average Bonchev–Trinajstić information content (AvgIpc) is 3.48.